The van der Waals surface area contributed by atoms with Crippen molar-refractivity contribution >= 4 is 33.4 Å². The Morgan fingerprint density at radius 3 is 2.76 bits per heavy atom. The molecule has 0 saturated carbocycles. The van der Waals surface area contributed by atoms with Gasteiger partial charge in [-0.15, -0.1) is 0 Å². The highest BCUT2D eigenvalue weighted by Crippen LogP contribution is 2.20. The van der Waals surface area contributed by atoms with E-state index in [1.165, 1.54) is 0 Å². The standard InChI is InChI=1S/C12H16BrClN2O/c1-8(12(17)16(2)3)15-7-9-6-10(13)4-5-11(9)14/h4-6,8,15H,7H2,1-3H3. The first-order valence-electron chi connectivity index (χ1n) is 5.30. The summed E-state index contributed by atoms with van der Waals surface area (Å²) in [4.78, 5) is 13.2. The van der Waals surface area contributed by atoms with E-state index in [0.717, 1.165) is 10.0 Å². The molecule has 0 aromatic heterocycles. The van der Waals surface area contributed by atoms with E-state index in [1.54, 1.807) is 19.0 Å². The van der Waals surface area contributed by atoms with Crippen LogP contribution in [0.1, 0.15) is 12.5 Å². The predicted molar refractivity (Wildman–Crippen MR) is 74.1 cm³/mol. The minimum atomic E-state index is -0.222. The molecule has 0 aliphatic carbocycles. The zero-order chi connectivity index (χ0) is 13.0. The molecule has 0 radical (unpaired) electrons. The monoisotopic (exact) mass is 318 g/mol. The van der Waals surface area contributed by atoms with Gasteiger partial charge in [0.2, 0.25) is 5.91 Å². The van der Waals surface area contributed by atoms with Crippen molar-refractivity contribution in [1.82, 2.24) is 10.2 Å². The van der Waals surface area contributed by atoms with Crippen LogP contribution in [0.25, 0.3) is 0 Å². The van der Waals surface area contributed by atoms with Crippen molar-refractivity contribution in [3.8, 4) is 0 Å². The Balaban J connectivity index is 2.61. The first-order valence-corrected chi connectivity index (χ1v) is 6.47. The first-order chi connectivity index (χ1) is 7.91. The van der Waals surface area contributed by atoms with Crippen LogP contribution in [-0.4, -0.2) is 30.9 Å². The summed E-state index contributed by atoms with van der Waals surface area (Å²) < 4.78 is 0.977. The smallest absolute Gasteiger partial charge is 0.238 e. The highest BCUT2D eigenvalue weighted by Gasteiger charge is 2.14. The third-order valence-electron chi connectivity index (χ3n) is 2.42. The Labute approximate surface area is 115 Å². The van der Waals surface area contributed by atoms with E-state index in [1.807, 2.05) is 25.1 Å². The summed E-state index contributed by atoms with van der Waals surface area (Å²) >= 11 is 9.46. The summed E-state index contributed by atoms with van der Waals surface area (Å²) in [5.74, 6) is 0.0520. The van der Waals surface area contributed by atoms with Crippen molar-refractivity contribution in [2.75, 3.05) is 14.1 Å². The molecule has 0 heterocycles. The largest absolute Gasteiger partial charge is 0.347 e. The van der Waals surface area contributed by atoms with Crippen LogP contribution in [0.2, 0.25) is 5.02 Å². The van der Waals surface area contributed by atoms with Crippen LogP contribution in [0.3, 0.4) is 0 Å². The van der Waals surface area contributed by atoms with Gasteiger partial charge in [0.15, 0.2) is 0 Å². The second kappa shape index (κ2) is 6.38. The van der Waals surface area contributed by atoms with Crippen LogP contribution in [0.15, 0.2) is 22.7 Å². The molecule has 1 atom stereocenters. The molecular formula is C12H16BrClN2O. The van der Waals surface area contributed by atoms with Gasteiger partial charge in [-0.05, 0) is 30.7 Å². The average molecular weight is 320 g/mol. The second-order valence-electron chi connectivity index (χ2n) is 4.07. The quantitative estimate of drug-likeness (QED) is 0.925. The molecule has 5 heteroatoms. The van der Waals surface area contributed by atoms with E-state index in [0.29, 0.717) is 11.6 Å². The molecule has 17 heavy (non-hydrogen) atoms. The van der Waals surface area contributed by atoms with Gasteiger partial charge in [0.05, 0.1) is 6.04 Å². The third kappa shape index (κ3) is 4.30. The van der Waals surface area contributed by atoms with Crippen LogP contribution >= 0.6 is 27.5 Å². The maximum Gasteiger partial charge on any atom is 0.238 e. The lowest BCUT2D eigenvalue weighted by Crippen LogP contribution is -2.41. The zero-order valence-electron chi connectivity index (χ0n) is 10.1. The number of likely N-dealkylation sites (N-methyl/N-ethyl adjacent to an activating group) is 1. The SMILES string of the molecule is CC(NCc1cc(Br)ccc1Cl)C(=O)N(C)C. The molecule has 1 aromatic rings. The summed E-state index contributed by atoms with van der Waals surface area (Å²) in [6.07, 6.45) is 0. The molecule has 0 spiro atoms. The minimum Gasteiger partial charge on any atom is -0.347 e. The van der Waals surface area contributed by atoms with Gasteiger partial charge in [0, 0.05) is 30.1 Å². The molecule has 3 nitrogen and oxygen atoms in total. The fourth-order valence-electron chi connectivity index (χ4n) is 1.42. The lowest BCUT2D eigenvalue weighted by atomic mass is 10.2. The van der Waals surface area contributed by atoms with Gasteiger partial charge < -0.3 is 10.2 Å². The molecule has 0 aliphatic heterocycles. The lowest BCUT2D eigenvalue weighted by molar-refractivity contribution is -0.130. The predicted octanol–water partition coefficient (Wildman–Crippen LogP) is 2.67. The maximum atomic E-state index is 11.6. The Hall–Kier alpha value is -0.580. The molecule has 0 fully saturated rings. The number of benzene rings is 1. The van der Waals surface area contributed by atoms with Crippen molar-refractivity contribution < 1.29 is 4.79 Å². The minimum absolute atomic E-state index is 0.0520. The Morgan fingerprint density at radius 2 is 2.18 bits per heavy atom. The number of carbonyl (C=O) groups is 1. The number of nitrogens with one attached hydrogen (secondary N) is 1. The van der Waals surface area contributed by atoms with Crippen LogP contribution in [0, 0.1) is 0 Å². The second-order valence-corrected chi connectivity index (χ2v) is 5.39. The number of nitrogens with zero attached hydrogens (tertiary/aromatic N) is 1. The van der Waals surface area contributed by atoms with Crippen molar-refractivity contribution in [3.63, 3.8) is 0 Å². The van der Waals surface area contributed by atoms with Crippen LogP contribution in [-0.2, 0) is 11.3 Å². The fourth-order valence-corrected chi connectivity index (χ4v) is 2.01. The fraction of sp³-hybridized carbons (Fsp3) is 0.417. The van der Waals surface area contributed by atoms with E-state index in [9.17, 15) is 4.79 Å². The molecule has 1 aromatic carbocycles. The first kappa shape index (κ1) is 14.5. The van der Waals surface area contributed by atoms with Gasteiger partial charge in [0.25, 0.3) is 0 Å². The third-order valence-corrected chi connectivity index (χ3v) is 3.28. The molecule has 1 rings (SSSR count). The van der Waals surface area contributed by atoms with Crippen molar-refractivity contribution in [2.45, 2.75) is 19.5 Å². The van der Waals surface area contributed by atoms with Crippen LogP contribution in [0.4, 0.5) is 0 Å². The molecular weight excluding hydrogens is 304 g/mol. The molecule has 1 amide bonds. The normalized spacial score (nSPS) is 12.3. The summed E-state index contributed by atoms with van der Waals surface area (Å²) in [6.45, 7) is 2.41. The molecule has 1 unspecified atom stereocenters. The van der Waals surface area contributed by atoms with Gasteiger partial charge in [-0.25, -0.2) is 0 Å². The zero-order valence-corrected chi connectivity index (χ0v) is 12.5. The van der Waals surface area contributed by atoms with E-state index in [4.69, 9.17) is 11.6 Å². The summed E-state index contributed by atoms with van der Waals surface area (Å²) in [5.41, 5.74) is 0.972. The van der Waals surface area contributed by atoms with Gasteiger partial charge in [-0.3, -0.25) is 4.79 Å². The summed E-state index contributed by atoms with van der Waals surface area (Å²) in [5, 5.41) is 3.85. The van der Waals surface area contributed by atoms with Crippen molar-refractivity contribution in [1.29, 1.82) is 0 Å². The molecule has 1 N–H and O–H groups in total. The highest BCUT2D eigenvalue weighted by atomic mass is 79.9. The van der Waals surface area contributed by atoms with Gasteiger partial charge in [-0.1, -0.05) is 27.5 Å². The number of hydrogen-bond donors (Lipinski definition) is 1. The van der Waals surface area contributed by atoms with Gasteiger partial charge >= 0.3 is 0 Å². The van der Waals surface area contributed by atoms with Crippen LogP contribution < -0.4 is 5.32 Å². The summed E-state index contributed by atoms with van der Waals surface area (Å²) in [7, 11) is 3.49. The van der Waals surface area contributed by atoms with Crippen LogP contribution in [0.5, 0.6) is 0 Å². The number of carbonyl (C=O) groups excluding carboxylic acids is 1. The number of halogens is 2. The Bertz CT molecular complexity index is 409. The maximum absolute atomic E-state index is 11.6. The lowest BCUT2D eigenvalue weighted by Gasteiger charge is -2.18. The van der Waals surface area contributed by atoms with E-state index < -0.39 is 0 Å². The summed E-state index contributed by atoms with van der Waals surface area (Å²) in [6, 6.07) is 5.45. The number of hydrogen-bond acceptors (Lipinski definition) is 2. The number of rotatable bonds is 4. The van der Waals surface area contributed by atoms with Gasteiger partial charge in [-0.2, -0.15) is 0 Å². The Kier molecular flexibility index (Phi) is 5.43. The average Bonchev–Trinajstić information content (AvgIpc) is 2.28. The Morgan fingerprint density at radius 1 is 1.53 bits per heavy atom. The molecule has 94 valence electrons. The van der Waals surface area contributed by atoms with E-state index in [-0.39, 0.29) is 11.9 Å². The number of amides is 1. The molecule has 0 bridgehead atoms. The molecule has 0 saturated heterocycles. The van der Waals surface area contributed by atoms with E-state index in [2.05, 4.69) is 21.2 Å². The van der Waals surface area contributed by atoms with Crippen molar-refractivity contribution in [3.05, 3.63) is 33.3 Å². The highest BCUT2D eigenvalue weighted by molar-refractivity contribution is 9.10. The van der Waals surface area contributed by atoms with Crippen molar-refractivity contribution in [2.24, 2.45) is 0 Å². The van der Waals surface area contributed by atoms with E-state index >= 15 is 0 Å². The topological polar surface area (TPSA) is 32.3 Å². The van der Waals surface area contributed by atoms with Gasteiger partial charge in [0.1, 0.15) is 0 Å². The molecule has 0 aliphatic rings.